The lowest BCUT2D eigenvalue weighted by Crippen LogP contribution is -2.32. The second kappa shape index (κ2) is 12.0. The van der Waals surface area contributed by atoms with Crippen LogP contribution in [0.3, 0.4) is 0 Å². The Morgan fingerprint density at radius 3 is 2.40 bits per heavy atom. The largest absolute Gasteiger partial charge is 0.377 e. The Hall–Kier alpha value is -3.15. The van der Waals surface area contributed by atoms with Crippen molar-refractivity contribution >= 4 is 34.8 Å². The summed E-state index contributed by atoms with van der Waals surface area (Å²) in [5.41, 5.74) is 5.34. The molecule has 0 aliphatic carbocycles. The maximum atomic E-state index is 13.6. The van der Waals surface area contributed by atoms with Crippen LogP contribution in [0.2, 0.25) is 5.02 Å². The van der Waals surface area contributed by atoms with Crippen molar-refractivity contribution in [3.05, 3.63) is 93.5 Å². The van der Waals surface area contributed by atoms with Crippen molar-refractivity contribution in [3.63, 3.8) is 0 Å². The molecule has 35 heavy (non-hydrogen) atoms. The molecule has 1 atom stereocenters. The van der Waals surface area contributed by atoms with Gasteiger partial charge in [0.05, 0.1) is 6.10 Å². The maximum absolute atomic E-state index is 13.6. The predicted octanol–water partition coefficient (Wildman–Crippen LogP) is 7.36. The first-order chi connectivity index (χ1) is 16.9. The molecule has 184 valence electrons. The number of carbonyl (C=O) groups is 2. The Bertz CT molecular complexity index is 1210. The van der Waals surface area contributed by atoms with Gasteiger partial charge in [-0.15, -0.1) is 0 Å². The minimum absolute atomic E-state index is 0.0791. The summed E-state index contributed by atoms with van der Waals surface area (Å²) in [5, 5.41) is 3.56. The summed E-state index contributed by atoms with van der Waals surface area (Å²) in [5.74, 6) is -0.250. The molecule has 6 heteroatoms. The van der Waals surface area contributed by atoms with Crippen LogP contribution in [0, 0.1) is 13.8 Å². The Balaban J connectivity index is 0.00000167. The summed E-state index contributed by atoms with van der Waals surface area (Å²) in [4.78, 5) is 28.1. The minimum Gasteiger partial charge on any atom is -0.377 e. The Labute approximate surface area is 213 Å². The third-order valence-electron chi connectivity index (χ3n) is 6.11. The van der Waals surface area contributed by atoms with E-state index in [1.807, 2.05) is 64.1 Å². The molecule has 1 heterocycles. The predicted molar refractivity (Wildman–Crippen MR) is 144 cm³/mol. The van der Waals surface area contributed by atoms with Gasteiger partial charge in [0.15, 0.2) is 0 Å². The first kappa shape index (κ1) is 26.5. The monoisotopic (exact) mass is 492 g/mol. The number of nitrogens with one attached hydrogen (secondary N) is 1. The van der Waals surface area contributed by atoms with Gasteiger partial charge in [-0.25, -0.2) is 0 Å². The average molecular weight is 493 g/mol. The van der Waals surface area contributed by atoms with Gasteiger partial charge in [0.2, 0.25) is 0 Å². The molecule has 1 N–H and O–H groups in total. The molecular formula is C29H33ClN2O3. The van der Waals surface area contributed by atoms with Gasteiger partial charge in [-0.3, -0.25) is 9.59 Å². The first-order valence-electron chi connectivity index (χ1n) is 12.0. The topological polar surface area (TPSA) is 58.6 Å². The highest BCUT2D eigenvalue weighted by molar-refractivity contribution is 6.30. The van der Waals surface area contributed by atoms with Crippen LogP contribution in [0.5, 0.6) is 0 Å². The maximum Gasteiger partial charge on any atom is 0.258 e. The summed E-state index contributed by atoms with van der Waals surface area (Å²) in [6.07, 6.45) is 1.54. The lowest BCUT2D eigenvalue weighted by molar-refractivity contribution is 0.0960. The number of methoxy groups -OCH3 is 1. The van der Waals surface area contributed by atoms with Crippen LogP contribution in [0.15, 0.2) is 60.7 Å². The number of aryl methyl sites for hydroxylation is 2. The summed E-state index contributed by atoms with van der Waals surface area (Å²) >= 11 is 6.24. The van der Waals surface area contributed by atoms with E-state index in [0.29, 0.717) is 28.4 Å². The molecule has 0 aromatic heterocycles. The van der Waals surface area contributed by atoms with Gasteiger partial charge < -0.3 is 15.0 Å². The van der Waals surface area contributed by atoms with Gasteiger partial charge in [0, 0.05) is 46.7 Å². The highest BCUT2D eigenvalue weighted by atomic mass is 35.5. The number of carbonyl (C=O) groups excluding carboxylic acids is 2. The summed E-state index contributed by atoms with van der Waals surface area (Å²) in [6.45, 7) is 8.38. The van der Waals surface area contributed by atoms with Gasteiger partial charge >= 0.3 is 0 Å². The molecule has 1 aliphatic heterocycles. The molecule has 5 nitrogen and oxygen atoms in total. The van der Waals surface area contributed by atoms with Crippen LogP contribution in [0.4, 0.5) is 11.4 Å². The lowest BCUT2D eigenvalue weighted by Gasteiger charge is -2.25. The van der Waals surface area contributed by atoms with Gasteiger partial charge in [0.1, 0.15) is 0 Å². The third-order valence-corrected chi connectivity index (χ3v) is 6.34. The Morgan fingerprint density at radius 1 is 0.971 bits per heavy atom. The fourth-order valence-corrected chi connectivity index (χ4v) is 4.53. The Kier molecular flexibility index (Phi) is 9.07. The van der Waals surface area contributed by atoms with Crippen molar-refractivity contribution in [3.8, 4) is 0 Å². The molecule has 0 spiro atoms. The van der Waals surface area contributed by atoms with Crippen LogP contribution < -0.4 is 10.2 Å². The molecule has 3 aromatic carbocycles. The number of hydrogen-bond donors (Lipinski definition) is 1. The quantitative estimate of drug-likeness (QED) is 0.413. The van der Waals surface area contributed by atoms with Gasteiger partial charge in [-0.05, 0) is 80.3 Å². The summed E-state index contributed by atoms with van der Waals surface area (Å²) in [7, 11) is 1.68. The van der Waals surface area contributed by atoms with E-state index in [0.717, 1.165) is 35.2 Å². The van der Waals surface area contributed by atoms with Gasteiger partial charge in [-0.2, -0.15) is 0 Å². The molecule has 0 fully saturated rings. The zero-order valence-corrected chi connectivity index (χ0v) is 21.8. The zero-order chi connectivity index (χ0) is 25.5. The van der Waals surface area contributed by atoms with E-state index in [-0.39, 0.29) is 17.9 Å². The fourth-order valence-electron chi connectivity index (χ4n) is 4.35. The zero-order valence-electron chi connectivity index (χ0n) is 21.0. The van der Waals surface area contributed by atoms with E-state index in [1.165, 1.54) is 0 Å². The van der Waals surface area contributed by atoms with Crippen LogP contribution in [-0.2, 0) is 4.74 Å². The van der Waals surface area contributed by atoms with Gasteiger partial charge in [-0.1, -0.05) is 43.6 Å². The van der Waals surface area contributed by atoms with Crippen LogP contribution in [0.1, 0.15) is 70.2 Å². The van der Waals surface area contributed by atoms with E-state index in [4.69, 9.17) is 16.3 Å². The number of amides is 2. The summed E-state index contributed by atoms with van der Waals surface area (Å²) in [6, 6.07) is 18.4. The highest BCUT2D eigenvalue weighted by Gasteiger charge is 2.28. The standard InChI is InChI=1S/C27H27ClN2O3.C2H6/c1-17-7-4-5-8-21(17)26(31)29-20-11-12-22(18(2)15-20)27(32)30-14-6-9-25(33-3)23-16-19(28)10-13-24(23)30;1-2/h4-5,7-8,10-13,15-16,25H,6,9,14H2,1-3H3,(H,29,31);1-2H3/t25-;/m1./s1. The smallest absolute Gasteiger partial charge is 0.258 e. The van der Waals surface area contributed by atoms with Crippen molar-refractivity contribution in [2.75, 3.05) is 23.9 Å². The number of hydrogen-bond acceptors (Lipinski definition) is 3. The number of nitrogens with zero attached hydrogens (tertiary/aromatic N) is 1. The Morgan fingerprint density at radius 2 is 1.71 bits per heavy atom. The molecular weight excluding hydrogens is 460 g/mol. The van der Waals surface area contributed by atoms with E-state index in [1.54, 1.807) is 36.3 Å². The molecule has 0 saturated heterocycles. The van der Waals surface area contributed by atoms with Crippen molar-refractivity contribution < 1.29 is 14.3 Å². The highest BCUT2D eigenvalue weighted by Crippen LogP contribution is 2.37. The summed E-state index contributed by atoms with van der Waals surface area (Å²) < 4.78 is 5.67. The van der Waals surface area contributed by atoms with E-state index in [2.05, 4.69) is 5.32 Å². The minimum atomic E-state index is -0.171. The second-order valence-electron chi connectivity index (χ2n) is 8.33. The van der Waals surface area contributed by atoms with Crippen molar-refractivity contribution in [1.82, 2.24) is 0 Å². The molecule has 0 saturated carbocycles. The molecule has 4 rings (SSSR count). The molecule has 2 amide bonds. The molecule has 1 aliphatic rings. The number of anilines is 2. The van der Waals surface area contributed by atoms with Crippen molar-refractivity contribution in [1.29, 1.82) is 0 Å². The number of ether oxygens (including phenoxy) is 1. The fraction of sp³-hybridized carbons (Fsp3) is 0.310. The third kappa shape index (κ3) is 5.92. The van der Waals surface area contributed by atoms with Crippen LogP contribution in [0.25, 0.3) is 0 Å². The lowest BCUT2D eigenvalue weighted by atomic mass is 10.0. The molecule has 0 radical (unpaired) electrons. The number of fused-ring (bicyclic) bond motifs is 1. The number of benzene rings is 3. The first-order valence-corrected chi connectivity index (χ1v) is 12.4. The molecule has 3 aromatic rings. The van der Waals surface area contributed by atoms with E-state index in [9.17, 15) is 9.59 Å². The number of rotatable bonds is 4. The van der Waals surface area contributed by atoms with Crippen LogP contribution >= 0.6 is 11.6 Å². The van der Waals surface area contributed by atoms with Gasteiger partial charge in [0.25, 0.3) is 11.8 Å². The van der Waals surface area contributed by atoms with E-state index < -0.39 is 0 Å². The van der Waals surface area contributed by atoms with E-state index >= 15 is 0 Å². The second-order valence-corrected chi connectivity index (χ2v) is 8.76. The SMILES string of the molecule is CC.CO[C@@H]1CCCN(C(=O)c2ccc(NC(=O)c3ccccc3C)cc2C)c2ccc(Cl)cc21. The normalized spacial score (nSPS) is 14.8. The van der Waals surface area contributed by atoms with Crippen LogP contribution in [-0.4, -0.2) is 25.5 Å². The van der Waals surface area contributed by atoms with Crippen molar-refractivity contribution in [2.24, 2.45) is 0 Å². The average Bonchev–Trinajstić information content (AvgIpc) is 3.04. The number of halogens is 1. The molecule has 0 unspecified atom stereocenters. The van der Waals surface area contributed by atoms with Crippen molar-refractivity contribution in [2.45, 2.75) is 46.6 Å². The molecule has 0 bridgehead atoms.